The van der Waals surface area contributed by atoms with Gasteiger partial charge in [-0.05, 0) is 18.9 Å². The second kappa shape index (κ2) is 5.33. The van der Waals surface area contributed by atoms with Gasteiger partial charge in [0, 0.05) is 24.4 Å². The maximum atomic E-state index is 4.78. The molecule has 122 valence electrons. The minimum atomic E-state index is 0.0594. The van der Waals surface area contributed by atoms with Gasteiger partial charge in [-0.3, -0.25) is 4.68 Å². The smallest absolute Gasteiger partial charge is 0.214 e. The molecule has 1 fully saturated rings. The average Bonchev–Trinajstić information content (AvgIpc) is 3.20. The summed E-state index contributed by atoms with van der Waals surface area (Å²) in [5, 5.41) is 10.2. The van der Waals surface area contributed by atoms with E-state index in [-0.39, 0.29) is 5.41 Å². The minimum Gasteiger partial charge on any atom is -0.342 e. The van der Waals surface area contributed by atoms with Crippen molar-refractivity contribution in [3.05, 3.63) is 30.4 Å². The Balaban J connectivity index is 1.59. The molecule has 1 aliphatic rings. The predicted molar refractivity (Wildman–Crippen MR) is 92.2 cm³/mol. The number of nitrogens with zero attached hydrogens (tertiary/aromatic N) is 6. The van der Waals surface area contributed by atoms with Crippen molar-refractivity contribution >= 4 is 21.4 Å². The van der Waals surface area contributed by atoms with E-state index in [1.807, 2.05) is 27.7 Å². The summed E-state index contributed by atoms with van der Waals surface area (Å²) >= 11 is 1.68. The van der Waals surface area contributed by atoms with Crippen molar-refractivity contribution < 1.29 is 0 Å². The molecule has 0 unspecified atom stereocenters. The lowest BCUT2D eigenvalue weighted by atomic mass is 9.93. The van der Waals surface area contributed by atoms with Crippen LogP contribution in [-0.4, -0.2) is 37.0 Å². The molecule has 3 aromatic heterocycles. The highest BCUT2D eigenvalue weighted by atomic mass is 32.1. The molecule has 0 aliphatic carbocycles. The number of hydrogen-bond acceptors (Lipinski definition) is 5. The van der Waals surface area contributed by atoms with E-state index in [0.717, 1.165) is 28.9 Å². The Morgan fingerprint density at radius 3 is 2.91 bits per heavy atom. The Labute approximate surface area is 139 Å². The van der Waals surface area contributed by atoms with Crippen LogP contribution in [0.4, 0.5) is 5.13 Å². The van der Waals surface area contributed by atoms with Crippen LogP contribution in [-0.2, 0) is 12.0 Å². The monoisotopic (exact) mass is 330 g/mol. The minimum absolute atomic E-state index is 0.0594. The van der Waals surface area contributed by atoms with E-state index >= 15 is 0 Å². The van der Waals surface area contributed by atoms with Crippen LogP contribution in [0.25, 0.3) is 4.96 Å². The lowest BCUT2D eigenvalue weighted by Gasteiger charge is -2.23. The van der Waals surface area contributed by atoms with E-state index in [1.165, 1.54) is 12.8 Å². The van der Waals surface area contributed by atoms with Crippen molar-refractivity contribution in [2.24, 2.45) is 0 Å². The highest BCUT2D eigenvalue weighted by Crippen LogP contribution is 2.32. The quantitative estimate of drug-likeness (QED) is 0.741. The van der Waals surface area contributed by atoms with Gasteiger partial charge in [-0.2, -0.15) is 5.10 Å². The van der Waals surface area contributed by atoms with Gasteiger partial charge in [-0.1, -0.05) is 32.1 Å². The van der Waals surface area contributed by atoms with Crippen LogP contribution in [0.15, 0.2) is 24.7 Å². The van der Waals surface area contributed by atoms with Gasteiger partial charge >= 0.3 is 0 Å². The molecule has 0 spiro atoms. The maximum Gasteiger partial charge on any atom is 0.214 e. The topological polar surface area (TPSA) is 51.2 Å². The van der Waals surface area contributed by atoms with Crippen LogP contribution >= 0.6 is 11.3 Å². The van der Waals surface area contributed by atoms with Crippen LogP contribution in [0.1, 0.15) is 39.3 Å². The van der Waals surface area contributed by atoms with E-state index in [9.17, 15) is 0 Å². The molecule has 0 N–H and O–H groups in total. The molecule has 1 aliphatic heterocycles. The summed E-state index contributed by atoms with van der Waals surface area (Å²) in [6.45, 7) is 8.53. The van der Waals surface area contributed by atoms with E-state index in [2.05, 4.69) is 37.0 Å². The molecule has 23 heavy (non-hydrogen) atoms. The first-order valence-electron chi connectivity index (χ1n) is 8.11. The average molecular weight is 330 g/mol. The second-order valence-electron chi connectivity index (χ2n) is 7.21. The van der Waals surface area contributed by atoms with E-state index < -0.39 is 0 Å². The zero-order valence-electron chi connectivity index (χ0n) is 13.8. The van der Waals surface area contributed by atoms with Crippen LogP contribution in [0.2, 0.25) is 0 Å². The van der Waals surface area contributed by atoms with E-state index in [4.69, 9.17) is 10.1 Å². The highest BCUT2D eigenvalue weighted by Gasteiger charge is 2.28. The third-order valence-corrected chi connectivity index (χ3v) is 5.34. The normalized spacial score (nSPS) is 19.1. The standard InChI is InChI=1S/C16H22N6S/c1-16(2,3)13-11-22-14(18-13)23-15(19-22)21-9-4-6-12(21)10-20-8-5-7-17-20/h5,7-8,11-12H,4,6,9-10H2,1-3H3/t12-/m1/s1. The molecule has 6 nitrogen and oxygen atoms in total. The number of aromatic nitrogens is 5. The van der Waals surface area contributed by atoms with Crippen molar-refractivity contribution in [3.63, 3.8) is 0 Å². The number of anilines is 1. The maximum absolute atomic E-state index is 4.78. The molecule has 0 aromatic carbocycles. The van der Waals surface area contributed by atoms with Gasteiger partial charge in [-0.25, -0.2) is 9.50 Å². The molecule has 4 rings (SSSR count). The lowest BCUT2D eigenvalue weighted by Crippen LogP contribution is -2.33. The third-order valence-electron chi connectivity index (χ3n) is 4.38. The fourth-order valence-electron chi connectivity index (χ4n) is 3.07. The number of fused-ring (bicyclic) bond motifs is 1. The van der Waals surface area contributed by atoms with Crippen LogP contribution < -0.4 is 4.90 Å². The Morgan fingerprint density at radius 1 is 1.35 bits per heavy atom. The molecule has 4 heterocycles. The van der Waals surface area contributed by atoms with E-state index in [1.54, 1.807) is 11.3 Å². The Morgan fingerprint density at radius 2 is 2.22 bits per heavy atom. The zero-order chi connectivity index (χ0) is 16.0. The van der Waals surface area contributed by atoms with Gasteiger partial charge in [0.05, 0.1) is 24.5 Å². The first kappa shape index (κ1) is 14.7. The number of rotatable bonds is 3. The highest BCUT2D eigenvalue weighted by molar-refractivity contribution is 7.20. The lowest BCUT2D eigenvalue weighted by molar-refractivity contribution is 0.508. The molecule has 1 saturated heterocycles. The van der Waals surface area contributed by atoms with Gasteiger partial charge in [0.2, 0.25) is 10.1 Å². The molecule has 0 radical (unpaired) electrons. The molecule has 7 heteroatoms. The second-order valence-corrected chi connectivity index (χ2v) is 8.14. The largest absolute Gasteiger partial charge is 0.342 e. The van der Waals surface area contributed by atoms with Crippen molar-refractivity contribution in [1.29, 1.82) is 0 Å². The predicted octanol–water partition coefficient (Wildman–Crippen LogP) is 2.95. The molecule has 0 saturated carbocycles. The summed E-state index contributed by atoms with van der Waals surface area (Å²) in [5.41, 5.74) is 1.15. The van der Waals surface area contributed by atoms with Gasteiger partial charge in [0.25, 0.3) is 0 Å². The SMILES string of the molecule is CC(C)(C)c1cn2nc(N3CCC[C@@H]3Cn3cccn3)sc2n1. The van der Waals surface area contributed by atoms with Gasteiger partial charge < -0.3 is 4.90 Å². The molecule has 0 bridgehead atoms. The van der Waals surface area contributed by atoms with Gasteiger partial charge in [0.15, 0.2) is 0 Å². The first-order chi connectivity index (χ1) is 11.0. The van der Waals surface area contributed by atoms with Crippen molar-refractivity contribution in [2.45, 2.75) is 51.6 Å². The summed E-state index contributed by atoms with van der Waals surface area (Å²) < 4.78 is 3.95. The Bertz CT molecular complexity index is 763. The van der Waals surface area contributed by atoms with Crippen LogP contribution in [0.3, 0.4) is 0 Å². The molecule has 3 aromatic rings. The Kier molecular flexibility index (Phi) is 3.41. The van der Waals surface area contributed by atoms with Crippen molar-refractivity contribution in [3.8, 4) is 0 Å². The molecule has 1 atom stereocenters. The van der Waals surface area contributed by atoms with Crippen molar-refractivity contribution in [1.82, 2.24) is 24.4 Å². The Hall–Kier alpha value is -1.89. The summed E-state index contributed by atoms with van der Waals surface area (Å²) in [4.78, 5) is 8.15. The molecular formula is C16H22N6S. The van der Waals surface area contributed by atoms with Gasteiger partial charge in [-0.15, -0.1) is 5.10 Å². The first-order valence-corrected chi connectivity index (χ1v) is 8.93. The number of imidazole rings is 1. The number of hydrogen-bond donors (Lipinski definition) is 0. The summed E-state index contributed by atoms with van der Waals surface area (Å²) in [6.07, 6.45) is 8.33. The zero-order valence-corrected chi connectivity index (χ0v) is 14.6. The van der Waals surface area contributed by atoms with E-state index in [0.29, 0.717) is 6.04 Å². The fourth-order valence-corrected chi connectivity index (χ4v) is 4.05. The van der Waals surface area contributed by atoms with Crippen LogP contribution in [0.5, 0.6) is 0 Å². The van der Waals surface area contributed by atoms with Crippen molar-refractivity contribution in [2.75, 3.05) is 11.4 Å². The molecular weight excluding hydrogens is 308 g/mol. The van der Waals surface area contributed by atoms with Gasteiger partial charge in [0.1, 0.15) is 0 Å². The van der Waals surface area contributed by atoms with Crippen LogP contribution in [0, 0.1) is 0 Å². The summed E-state index contributed by atoms with van der Waals surface area (Å²) in [7, 11) is 0. The summed E-state index contributed by atoms with van der Waals surface area (Å²) in [5.74, 6) is 0. The fraction of sp³-hybridized carbons (Fsp3) is 0.562. The third kappa shape index (κ3) is 2.73. The summed E-state index contributed by atoms with van der Waals surface area (Å²) in [6, 6.07) is 2.44. The molecule has 0 amide bonds.